The molecule has 0 spiro atoms. The number of cyclic esters (lactones) is 1. The average molecular weight is 725 g/mol. The van der Waals surface area contributed by atoms with Crippen molar-refractivity contribution in [2.45, 2.75) is 25.4 Å². The Bertz CT molecular complexity index is 1940. The van der Waals surface area contributed by atoms with Crippen LogP contribution in [0.1, 0.15) is 11.1 Å². The maximum Gasteiger partial charge on any atom is 0.378 e. The summed E-state index contributed by atoms with van der Waals surface area (Å²) in [5.74, 6) is -0.275. The number of hydrogen-bond acceptors (Lipinski definition) is 6. The van der Waals surface area contributed by atoms with Crippen molar-refractivity contribution in [1.29, 1.82) is 0 Å². The fourth-order valence-corrected chi connectivity index (χ4v) is 9.37. The van der Waals surface area contributed by atoms with Gasteiger partial charge in [0, 0.05) is 21.2 Å². The lowest BCUT2D eigenvalue weighted by molar-refractivity contribution is -0.147. The second-order valence-electron chi connectivity index (χ2n) is 11.9. The van der Waals surface area contributed by atoms with Gasteiger partial charge in [0.25, 0.3) is 0 Å². The second kappa shape index (κ2) is 17.9. The number of esters is 1. The molecule has 0 radical (unpaired) electrons. The molecule has 0 saturated carbocycles. The molecular formula is C44H38O6P2. The van der Waals surface area contributed by atoms with Crippen LogP contribution in [0.15, 0.2) is 194 Å². The molecule has 6 aromatic carbocycles. The zero-order chi connectivity index (χ0) is 35.4. The smallest absolute Gasteiger partial charge is 0.378 e. The highest BCUT2D eigenvalue weighted by Crippen LogP contribution is 2.43. The van der Waals surface area contributed by atoms with E-state index in [2.05, 4.69) is 48.5 Å². The van der Waals surface area contributed by atoms with E-state index in [1.165, 1.54) is 0 Å². The highest BCUT2D eigenvalue weighted by Gasteiger charge is 2.45. The SMILES string of the molecule is O=C1O[C@H]([C@@H](COP(c2ccccc2)c2ccccc2)OP(c2ccccc2)c2ccccc2)C(OCc2ccccc2)=C1OCc1ccccc1. The normalized spacial score (nSPS) is 14.7. The maximum atomic E-state index is 13.8. The predicted octanol–water partition coefficient (Wildman–Crippen LogP) is 8.05. The number of ether oxygens (including phenoxy) is 3. The quantitative estimate of drug-likeness (QED) is 0.0744. The molecule has 52 heavy (non-hydrogen) atoms. The molecule has 260 valence electrons. The van der Waals surface area contributed by atoms with Crippen molar-refractivity contribution in [1.82, 2.24) is 0 Å². The van der Waals surface area contributed by atoms with Crippen LogP contribution in [0.3, 0.4) is 0 Å². The molecule has 1 aliphatic rings. The number of carbonyl (C=O) groups is 1. The van der Waals surface area contributed by atoms with E-state index >= 15 is 0 Å². The summed E-state index contributed by atoms with van der Waals surface area (Å²) in [6.07, 6.45) is -1.71. The molecule has 2 atom stereocenters. The van der Waals surface area contributed by atoms with Crippen LogP contribution in [0, 0.1) is 0 Å². The van der Waals surface area contributed by atoms with Crippen molar-refractivity contribution in [2.75, 3.05) is 6.61 Å². The Hall–Kier alpha value is -5.09. The van der Waals surface area contributed by atoms with Gasteiger partial charge >= 0.3 is 5.97 Å². The Morgan fingerprint density at radius 3 is 1.33 bits per heavy atom. The molecule has 0 aromatic heterocycles. The van der Waals surface area contributed by atoms with Crippen LogP contribution in [0.25, 0.3) is 0 Å². The standard InChI is InChI=1S/C44H38O6P2/c45-44-43(47-32-35-21-9-2-10-22-35)42(46-31-34-19-7-1-8-20-34)41(49-44)40(50-52(38-27-15-5-16-28-38)39-29-17-6-18-30-39)33-48-51(36-23-11-3-12-24-36)37-25-13-4-14-26-37/h1-30,40-41H,31-33H2/t40-,41-/m1/s1. The topological polar surface area (TPSA) is 63.2 Å². The second-order valence-corrected chi connectivity index (χ2v) is 15.7. The Balaban J connectivity index is 1.27. The molecule has 1 aliphatic heterocycles. The van der Waals surface area contributed by atoms with Crippen LogP contribution >= 0.6 is 16.3 Å². The van der Waals surface area contributed by atoms with Crippen LogP contribution in [0.4, 0.5) is 0 Å². The van der Waals surface area contributed by atoms with Crippen LogP contribution in [-0.4, -0.2) is 24.8 Å². The fourth-order valence-electron chi connectivity index (χ4n) is 5.72. The van der Waals surface area contributed by atoms with Crippen molar-refractivity contribution in [3.05, 3.63) is 205 Å². The minimum Gasteiger partial charge on any atom is -0.485 e. The van der Waals surface area contributed by atoms with Gasteiger partial charge in [-0.05, 0) is 11.1 Å². The summed E-state index contributed by atoms with van der Waals surface area (Å²) in [5, 5.41) is 4.15. The zero-order valence-electron chi connectivity index (χ0n) is 28.4. The fraction of sp³-hybridized carbons (Fsp3) is 0.114. The molecule has 0 fully saturated rings. The third kappa shape index (κ3) is 9.03. The third-order valence-electron chi connectivity index (χ3n) is 8.27. The van der Waals surface area contributed by atoms with Gasteiger partial charge in [-0.15, -0.1) is 0 Å². The van der Waals surface area contributed by atoms with Crippen LogP contribution in [-0.2, 0) is 41.3 Å². The summed E-state index contributed by atoms with van der Waals surface area (Å²) in [6, 6.07) is 60.2. The third-order valence-corrected chi connectivity index (χ3v) is 12.2. The van der Waals surface area contributed by atoms with E-state index < -0.39 is 34.5 Å². The summed E-state index contributed by atoms with van der Waals surface area (Å²) >= 11 is 0. The van der Waals surface area contributed by atoms with Gasteiger partial charge in [0.2, 0.25) is 5.76 Å². The molecule has 0 unspecified atom stereocenters. The molecule has 8 heteroatoms. The number of rotatable bonds is 16. The van der Waals surface area contributed by atoms with Crippen LogP contribution < -0.4 is 21.2 Å². The van der Waals surface area contributed by atoms with E-state index in [1.807, 2.05) is 133 Å². The predicted molar refractivity (Wildman–Crippen MR) is 208 cm³/mol. The first-order chi connectivity index (χ1) is 25.7. The summed E-state index contributed by atoms with van der Waals surface area (Å²) < 4.78 is 33.0. The Morgan fingerprint density at radius 2 is 0.885 bits per heavy atom. The molecule has 7 rings (SSSR count). The molecule has 1 heterocycles. The molecule has 0 bridgehead atoms. The lowest BCUT2D eigenvalue weighted by Crippen LogP contribution is -2.37. The molecular weight excluding hydrogens is 686 g/mol. The van der Waals surface area contributed by atoms with E-state index in [9.17, 15) is 4.79 Å². The minimum atomic E-state index is -1.37. The maximum absolute atomic E-state index is 13.8. The Morgan fingerprint density at radius 1 is 0.500 bits per heavy atom. The van der Waals surface area contributed by atoms with E-state index in [4.69, 9.17) is 23.3 Å². The van der Waals surface area contributed by atoms with Crippen molar-refractivity contribution >= 4 is 43.5 Å². The first-order valence-corrected chi connectivity index (χ1v) is 19.6. The molecule has 0 saturated heterocycles. The molecule has 6 aromatic rings. The van der Waals surface area contributed by atoms with Crippen LogP contribution in [0.2, 0.25) is 0 Å². The lowest BCUT2D eigenvalue weighted by atomic mass is 10.1. The van der Waals surface area contributed by atoms with Gasteiger partial charge in [-0.1, -0.05) is 182 Å². The lowest BCUT2D eigenvalue weighted by Gasteiger charge is -2.30. The van der Waals surface area contributed by atoms with E-state index in [0.717, 1.165) is 32.3 Å². The molecule has 0 N–H and O–H groups in total. The van der Waals surface area contributed by atoms with Gasteiger partial charge < -0.3 is 23.3 Å². The number of carbonyl (C=O) groups excluding carboxylic acids is 1. The average Bonchev–Trinajstić information content (AvgIpc) is 3.53. The highest BCUT2D eigenvalue weighted by atomic mass is 31.1. The van der Waals surface area contributed by atoms with Gasteiger partial charge in [0.05, 0.1) is 22.9 Å². The van der Waals surface area contributed by atoms with E-state index in [0.29, 0.717) is 5.76 Å². The van der Waals surface area contributed by atoms with Gasteiger partial charge in [-0.25, -0.2) is 4.79 Å². The molecule has 0 aliphatic carbocycles. The minimum absolute atomic E-state index is 0.0375. The number of hydrogen-bond donors (Lipinski definition) is 0. The number of benzene rings is 6. The summed E-state index contributed by atoms with van der Waals surface area (Å²) in [5.41, 5.74) is 1.86. The van der Waals surface area contributed by atoms with Crippen molar-refractivity contribution < 1.29 is 28.1 Å². The first-order valence-electron chi connectivity index (χ1n) is 17.1. The van der Waals surface area contributed by atoms with Crippen molar-refractivity contribution in [2.24, 2.45) is 0 Å². The monoisotopic (exact) mass is 724 g/mol. The first kappa shape index (κ1) is 35.3. The van der Waals surface area contributed by atoms with Crippen molar-refractivity contribution in [3.63, 3.8) is 0 Å². The van der Waals surface area contributed by atoms with E-state index in [-0.39, 0.29) is 25.6 Å². The summed E-state index contributed by atoms with van der Waals surface area (Å²) in [6.45, 7) is 0.490. The van der Waals surface area contributed by atoms with Gasteiger partial charge in [0.15, 0.2) is 11.9 Å². The van der Waals surface area contributed by atoms with Gasteiger partial charge in [-0.2, -0.15) is 0 Å². The van der Waals surface area contributed by atoms with E-state index in [1.54, 1.807) is 0 Å². The molecule has 0 amide bonds. The Kier molecular flexibility index (Phi) is 12.2. The van der Waals surface area contributed by atoms with Crippen molar-refractivity contribution in [3.8, 4) is 0 Å². The summed E-state index contributed by atoms with van der Waals surface area (Å²) in [4.78, 5) is 13.8. The van der Waals surface area contributed by atoms with Crippen LogP contribution in [0.5, 0.6) is 0 Å². The highest BCUT2D eigenvalue weighted by molar-refractivity contribution is 7.69. The zero-order valence-corrected chi connectivity index (χ0v) is 30.2. The largest absolute Gasteiger partial charge is 0.485 e. The Labute approximate surface area is 307 Å². The van der Waals surface area contributed by atoms with Gasteiger partial charge in [-0.3, -0.25) is 0 Å². The van der Waals surface area contributed by atoms with Gasteiger partial charge in [0.1, 0.15) is 19.3 Å². The summed E-state index contributed by atoms with van der Waals surface area (Å²) in [7, 11) is -2.62. The molecule has 6 nitrogen and oxygen atoms in total.